The average Bonchev–Trinajstić information content (AvgIpc) is 3.08. The highest BCUT2D eigenvalue weighted by Gasteiger charge is 2.26. The van der Waals surface area contributed by atoms with E-state index < -0.39 is 0 Å². The molecule has 1 aliphatic rings. The summed E-state index contributed by atoms with van der Waals surface area (Å²) in [5.41, 5.74) is 4.26. The maximum absolute atomic E-state index is 12.6. The fourth-order valence-electron chi connectivity index (χ4n) is 3.60. The molecule has 1 fully saturated rings. The van der Waals surface area contributed by atoms with Crippen LogP contribution in [0.15, 0.2) is 42.7 Å². The Morgan fingerprint density at radius 2 is 2.24 bits per heavy atom. The number of benzene rings is 1. The number of likely N-dealkylation sites (tertiary alicyclic amines) is 1. The second-order valence-electron chi connectivity index (χ2n) is 6.81. The quantitative estimate of drug-likeness (QED) is 0.800. The number of rotatable bonds is 3. The van der Waals surface area contributed by atoms with Crippen LogP contribution in [0.1, 0.15) is 35.7 Å². The third kappa shape index (κ3) is 3.27. The number of nitrogens with one attached hydrogen (secondary N) is 1. The minimum absolute atomic E-state index is 0.171. The van der Waals surface area contributed by atoms with E-state index in [0.717, 1.165) is 48.4 Å². The zero-order valence-corrected chi connectivity index (χ0v) is 14.4. The first-order chi connectivity index (χ1) is 12.2. The van der Waals surface area contributed by atoms with Gasteiger partial charge in [0.25, 0.3) is 0 Å². The van der Waals surface area contributed by atoms with Crippen LogP contribution < -0.4 is 0 Å². The molecule has 5 heteroatoms. The lowest BCUT2D eigenvalue weighted by molar-refractivity contribution is -0.131. The third-order valence-electron chi connectivity index (χ3n) is 4.97. The van der Waals surface area contributed by atoms with Gasteiger partial charge in [-0.15, -0.1) is 0 Å². The van der Waals surface area contributed by atoms with Gasteiger partial charge in [-0.2, -0.15) is 0 Å². The molecule has 0 aliphatic carbocycles. The minimum Gasteiger partial charge on any atom is -0.342 e. The van der Waals surface area contributed by atoms with Gasteiger partial charge in [0, 0.05) is 31.4 Å². The number of aromatic amines is 1. The van der Waals surface area contributed by atoms with Gasteiger partial charge in [0.2, 0.25) is 5.91 Å². The number of carbonyl (C=O) groups is 1. The Morgan fingerprint density at radius 3 is 3.04 bits per heavy atom. The number of hydrogen-bond donors (Lipinski definition) is 1. The van der Waals surface area contributed by atoms with Gasteiger partial charge in [-0.1, -0.05) is 18.2 Å². The van der Waals surface area contributed by atoms with Gasteiger partial charge >= 0.3 is 0 Å². The molecule has 0 saturated carbocycles. The summed E-state index contributed by atoms with van der Waals surface area (Å²) in [5, 5.41) is 0. The Bertz CT molecular complexity index is 887. The number of hydrogen-bond acceptors (Lipinski definition) is 3. The summed E-state index contributed by atoms with van der Waals surface area (Å²) in [6.45, 7) is 3.64. The Labute approximate surface area is 147 Å². The maximum atomic E-state index is 12.6. The normalized spacial score (nSPS) is 17.8. The van der Waals surface area contributed by atoms with Gasteiger partial charge in [0.05, 0.1) is 17.5 Å². The van der Waals surface area contributed by atoms with E-state index in [1.165, 1.54) is 5.56 Å². The molecular formula is C20H22N4O. The summed E-state index contributed by atoms with van der Waals surface area (Å²) in [4.78, 5) is 27.0. The summed E-state index contributed by atoms with van der Waals surface area (Å²) in [6, 6.07) is 10.0. The third-order valence-corrected chi connectivity index (χ3v) is 4.97. The van der Waals surface area contributed by atoms with Crippen LogP contribution in [0.3, 0.4) is 0 Å². The van der Waals surface area contributed by atoms with Gasteiger partial charge in [-0.3, -0.25) is 9.78 Å². The number of H-pyrrole nitrogens is 1. The minimum atomic E-state index is 0.171. The molecule has 5 nitrogen and oxygen atoms in total. The molecule has 1 saturated heterocycles. The van der Waals surface area contributed by atoms with E-state index in [1.54, 1.807) is 12.4 Å². The summed E-state index contributed by atoms with van der Waals surface area (Å²) >= 11 is 0. The number of piperidine rings is 1. The van der Waals surface area contributed by atoms with Crippen molar-refractivity contribution in [3.63, 3.8) is 0 Å². The predicted molar refractivity (Wildman–Crippen MR) is 97.3 cm³/mol. The number of aromatic nitrogens is 3. The molecule has 0 spiro atoms. The first-order valence-corrected chi connectivity index (χ1v) is 8.82. The van der Waals surface area contributed by atoms with Crippen LogP contribution in [0.5, 0.6) is 0 Å². The van der Waals surface area contributed by atoms with E-state index in [0.29, 0.717) is 6.42 Å². The number of pyridine rings is 1. The van der Waals surface area contributed by atoms with Crippen LogP contribution in [-0.2, 0) is 11.2 Å². The number of para-hydroxylation sites is 1. The molecule has 3 aromatic rings. The van der Waals surface area contributed by atoms with E-state index >= 15 is 0 Å². The van der Waals surface area contributed by atoms with Crippen LogP contribution in [0.4, 0.5) is 0 Å². The van der Waals surface area contributed by atoms with Crippen LogP contribution in [0, 0.1) is 6.92 Å². The van der Waals surface area contributed by atoms with Crippen LogP contribution in [0.25, 0.3) is 11.0 Å². The maximum Gasteiger partial charge on any atom is 0.227 e. The molecule has 1 aliphatic heterocycles. The van der Waals surface area contributed by atoms with Gasteiger partial charge < -0.3 is 9.88 Å². The second kappa shape index (κ2) is 6.67. The Morgan fingerprint density at radius 1 is 1.32 bits per heavy atom. The van der Waals surface area contributed by atoms with E-state index in [9.17, 15) is 4.79 Å². The van der Waals surface area contributed by atoms with Gasteiger partial charge in [-0.25, -0.2) is 4.98 Å². The molecule has 4 rings (SSSR count). The molecule has 3 heterocycles. The highest BCUT2D eigenvalue weighted by molar-refractivity contribution is 5.79. The summed E-state index contributed by atoms with van der Waals surface area (Å²) in [7, 11) is 0. The highest BCUT2D eigenvalue weighted by atomic mass is 16.2. The van der Waals surface area contributed by atoms with Crippen LogP contribution >= 0.6 is 0 Å². The molecule has 1 aromatic carbocycles. The lowest BCUT2D eigenvalue weighted by Gasteiger charge is -2.32. The highest BCUT2D eigenvalue weighted by Crippen LogP contribution is 2.28. The number of nitrogens with zero attached hydrogens (tertiary/aromatic N) is 3. The van der Waals surface area contributed by atoms with Crippen molar-refractivity contribution in [3.8, 4) is 0 Å². The monoisotopic (exact) mass is 334 g/mol. The second-order valence-corrected chi connectivity index (χ2v) is 6.81. The van der Waals surface area contributed by atoms with Crippen molar-refractivity contribution in [1.29, 1.82) is 0 Å². The summed E-state index contributed by atoms with van der Waals surface area (Å²) < 4.78 is 0. The molecule has 1 amide bonds. The van der Waals surface area contributed by atoms with Crippen LogP contribution in [0.2, 0.25) is 0 Å². The fourth-order valence-corrected chi connectivity index (χ4v) is 3.60. The van der Waals surface area contributed by atoms with E-state index in [1.807, 2.05) is 23.1 Å². The van der Waals surface area contributed by atoms with Gasteiger partial charge in [0.1, 0.15) is 5.82 Å². The predicted octanol–water partition coefficient (Wildman–Crippen LogP) is 3.22. The van der Waals surface area contributed by atoms with Crippen molar-refractivity contribution >= 4 is 16.9 Å². The molecule has 25 heavy (non-hydrogen) atoms. The number of amides is 1. The van der Waals surface area contributed by atoms with Crippen molar-refractivity contribution in [2.45, 2.75) is 32.1 Å². The lowest BCUT2D eigenvalue weighted by Crippen LogP contribution is -2.40. The number of aryl methyl sites for hydroxylation is 1. The Kier molecular flexibility index (Phi) is 4.22. The van der Waals surface area contributed by atoms with Gasteiger partial charge in [-0.05, 0) is 43.0 Å². The SMILES string of the molecule is Cc1cccc2[nH]c([C@H]3CCCN(C(=O)Cc4cccnc4)C3)nc12. The molecule has 1 atom stereocenters. The number of imidazole rings is 1. The molecule has 128 valence electrons. The molecular weight excluding hydrogens is 312 g/mol. The zero-order chi connectivity index (χ0) is 17.2. The average molecular weight is 334 g/mol. The van der Waals surface area contributed by atoms with Gasteiger partial charge in [0.15, 0.2) is 0 Å². The Hall–Kier alpha value is -2.69. The summed E-state index contributed by atoms with van der Waals surface area (Å²) in [6.07, 6.45) is 5.99. The molecule has 1 N–H and O–H groups in total. The van der Waals surface area contributed by atoms with Crippen molar-refractivity contribution in [1.82, 2.24) is 19.9 Å². The molecule has 2 aromatic heterocycles. The number of fused-ring (bicyclic) bond motifs is 1. The lowest BCUT2D eigenvalue weighted by atomic mass is 9.97. The summed E-state index contributed by atoms with van der Waals surface area (Å²) in [5.74, 6) is 1.45. The molecule has 0 unspecified atom stereocenters. The first kappa shape index (κ1) is 15.8. The molecule has 0 radical (unpaired) electrons. The topological polar surface area (TPSA) is 61.9 Å². The van der Waals surface area contributed by atoms with E-state index in [2.05, 4.69) is 29.0 Å². The fraction of sp³-hybridized carbons (Fsp3) is 0.350. The van der Waals surface area contributed by atoms with Crippen molar-refractivity contribution in [3.05, 3.63) is 59.7 Å². The van der Waals surface area contributed by atoms with E-state index in [-0.39, 0.29) is 11.8 Å². The number of carbonyl (C=O) groups excluding carboxylic acids is 1. The van der Waals surface area contributed by atoms with Crippen LogP contribution in [-0.4, -0.2) is 38.8 Å². The van der Waals surface area contributed by atoms with E-state index in [4.69, 9.17) is 4.98 Å². The Balaban J connectivity index is 1.50. The largest absolute Gasteiger partial charge is 0.342 e. The van der Waals surface area contributed by atoms with Crippen molar-refractivity contribution in [2.24, 2.45) is 0 Å². The zero-order valence-electron chi connectivity index (χ0n) is 14.4. The standard InChI is InChI=1S/C20H22N4O/c1-14-5-2-8-17-19(14)23-20(22-17)16-7-4-10-24(13-16)18(25)11-15-6-3-9-21-12-15/h2-3,5-6,8-9,12,16H,4,7,10-11,13H2,1H3,(H,22,23)/t16-/m0/s1. The molecule has 0 bridgehead atoms. The van der Waals surface area contributed by atoms with Crippen molar-refractivity contribution < 1.29 is 4.79 Å². The van der Waals surface area contributed by atoms with Crippen molar-refractivity contribution in [2.75, 3.05) is 13.1 Å². The smallest absolute Gasteiger partial charge is 0.227 e. The first-order valence-electron chi connectivity index (χ1n) is 8.82.